The lowest BCUT2D eigenvalue weighted by Gasteiger charge is -2.32. The second kappa shape index (κ2) is 14.6. The van der Waals surface area contributed by atoms with Crippen LogP contribution in [0, 0.1) is 5.92 Å². The van der Waals surface area contributed by atoms with E-state index < -0.39 is 48.1 Å². The van der Waals surface area contributed by atoms with Gasteiger partial charge >= 0.3 is 12.4 Å². The van der Waals surface area contributed by atoms with E-state index in [2.05, 4.69) is 15.6 Å². The Kier molecular flexibility index (Phi) is 10.2. The van der Waals surface area contributed by atoms with Gasteiger partial charge in [-0.1, -0.05) is 73.5 Å². The molecule has 1 aliphatic carbocycles. The number of fused-ring (bicyclic) bond motifs is 2. The average molecular weight is 696 g/mol. The van der Waals surface area contributed by atoms with Crippen LogP contribution >= 0.6 is 0 Å². The molecule has 0 spiro atoms. The normalized spacial score (nSPS) is 17.5. The number of carbonyl (C=O) groups excluding carboxylic acids is 2. The minimum Gasteiger partial charge on any atom is -0.375 e. The second-order valence-electron chi connectivity index (χ2n) is 12.7. The lowest BCUT2D eigenvalue weighted by molar-refractivity contribution is -0.143. The number of alkyl halides is 6. The van der Waals surface area contributed by atoms with Crippen LogP contribution < -0.4 is 10.6 Å². The zero-order valence-corrected chi connectivity index (χ0v) is 26.8. The fourth-order valence-electron chi connectivity index (χ4n) is 6.65. The molecule has 4 aromatic carbocycles. The predicted octanol–water partition coefficient (Wildman–Crippen LogP) is 8.59. The van der Waals surface area contributed by atoms with Crippen LogP contribution in [0.1, 0.15) is 58.3 Å². The van der Waals surface area contributed by atoms with E-state index in [0.29, 0.717) is 30.5 Å². The molecule has 1 aromatic heterocycles. The fraction of sp³-hybridized carbons (Fsp3) is 0.316. The molecule has 3 N–H and O–H groups in total. The van der Waals surface area contributed by atoms with Crippen molar-refractivity contribution in [2.45, 2.75) is 63.1 Å². The Balaban J connectivity index is 1.19. The maximum Gasteiger partial charge on any atom is 0.416 e. The van der Waals surface area contributed by atoms with Crippen molar-refractivity contribution in [3.05, 3.63) is 119 Å². The van der Waals surface area contributed by atoms with Gasteiger partial charge in [-0.2, -0.15) is 26.3 Å². The third-order valence-corrected chi connectivity index (χ3v) is 9.13. The quantitative estimate of drug-likeness (QED) is 0.128. The van der Waals surface area contributed by atoms with Crippen LogP contribution in [-0.4, -0.2) is 35.5 Å². The van der Waals surface area contributed by atoms with Crippen molar-refractivity contribution in [2.75, 3.05) is 6.61 Å². The number of H-pyrrole nitrogens is 1. The summed E-state index contributed by atoms with van der Waals surface area (Å²) in [5.74, 6) is -1.18. The zero-order valence-electron chi connectivity index (χ0n) is 26.8. The first-order chi connectivity index (χ1) is 23.8. The molecule has 6 rings (SSSR count). The molecular weight excluding hydrogens is 660 g/mol. The van der Waals surface area contributed by atoms with Gasteiger partial charge in [-0.15, -0.1) is 0 Å². The fourth-order valence-corrected chi connectivity index (χ4v) is 6.65. The highest BCUT2D eigenvalue weighted by atomic mass is 19.4. The van der Waals surface area contributed by atoms with Gasteiger partial charge < -0.3 is 20.4 Å². The van der Waals surface area contributed by atoms with Crippen LogP contribution in [0.15, 0.2) is 91.1 Å². The number of ether oxygens (including phenoxy) is 1. The van der Waals surface area contributed by atoms with Crippen LogP contribution in [0.5, 0.6) is 0 Å². The number of para-hydroxylation sites is 1. The molecule has 3 unspecified atom stereocenters. The Morgan fingerprint density at radius 3 is 2.22 bits per heavy atom. The molecule has 3 atom stereocenters. The van der Waals surface area contributed by atoms with Gasteiger partial charge in [0.2, 0.25) is 5.91 Å². The summed E-state index contributed by atoms with van der Waals surface area (Å²) in [6.07, 6.45) is -5.33. The zero-order chi connectivity index (χ0) is 35.5. The van der Waals surface area contributed by atoms with Gasteiger partial charge in [0.15, 0.2) is 0 Å². The first-order valence-electron chi connectivity index (χ1n) is 16.4. The number of aromatic nitrogens is 1. The Morgan fingerprint density at radius 2 is 1.48 bits per heavy atom. The molecule has 0 saturated heterocycles. The number of hydrogen-bond donors (Lipinski definition) is 3. The molecule has 6 nitrogen and oxygen atoms in total. The van der Waals surface area contributed by atoms with Crippen molar-refractivity contribution in [3.63, 3.8) is 0 Å². The summed E-state index contributed by atoms with van der Waals surface area (Å²) in [4.78, 5) is 30.3. The number of nitrogens with one attached hydrogen (secondary N) is 3. The number of aromatic amines is 1. The van der Waals surface area contributed by atoms with Crippen molar-refractivity contribution in [1.82, 2.24) is 15.6 Å². The summed E-state index contributed by atoms with van der Waals surface area (Å²) >= 11 is 0. The summed E-state index contributed by atoms with van der Waals surface area (Å²) in [5.41, 5.74) is -1.02. The Morgan fingerprint density at radius 1 is 0.800 bits per heavy atom. The van der Waals surface area contributed by atoms with E-state index in [-0.39, 0.29) is 36.5 Å². The molecule has 5 aromatic rings. The highest BCUT2D eigenvalue weighted by molar-refractivity contribution is 6.07. The second-order valence-corrected chi connectivity index (χ2v) is 12.7. The molecule has 1 aliphatic rings. The van der Waals surface area contributed by atoms with Crippen LogP contribution in [-0.2, 0) is 34.9 Å². The Labute approximate surface area is 284 Å². The molecule has 1 heterocycles. The highest BCUT2D eigenvalue weighted by Gasteiger charge is 2.37. The lowest BCUT2D eigenvalue weighted by atomic mass is 9.83. The maximum absolute atomic E-state index is 13.9. The molecule has 0 bridgehead atoms. The largest absolute Gasteiger partial charge is 0.416 e. The number of halogens is 6. The number of amides is 2. The van der Waals surface area contributed by atoms with Crippen molar-refractivity contribution in [1.29, 1.82) is 0 Å². The van der Waals surface area contributed by atoms with Crippen LogP contribution in [0.3, 0.4) is 0 Å². The third-order valence-electron chi connectivity index (χ3n) is 9.13. The Bertz CT molecular complexity index is 1950. The Hall–Kier alpha value is -4.84. The van der Waals surface area contributed by atoms with E-state index in [1.54, 1.807) is 6.20 Å². The van der Waals surface area contributed by atoms with E-state index in [0.717, 1.165) is 40.1 Å². The summed E-state index contributed by atoms with van der Waals surface area (Å²) in [5, 5.41) is 8.81. The van der Waals surface area contributed by atoms with Gasteiger partial charge in [0.1, 0.15) is 0 Å². The summed E-state index contributed by atoms with van der Waals surface area (Å²) < 4.78 is 86.3. The molecule has 1 saturated carbocycles. The van der Waals surface area contributed by atoms with Gasteiger partial charge in [-0.25, -0.2) is 0 Å². The van der Waals surface area contributed by atoms with Crippen molar-refractivity contribution >= 4 is 33.5 Å². The summed E-state index contributed by atoms with van der Waals surface area (Å²) in [6.45, 7) is -0.723. The molecule has 50 heavy (non-hydrogen) atoms. The topological polar surface area (TPSA) is 83.2 Å². The van der Waals surface area contributed by atoms with Crippen LogP contribution in [0.2, 0.25) is 0 Å². The number of carbonyl (C=O) groups is 2. The number of benzene rings is 4. The van der Waals surface area contributed by atoms with Gasteiger partial charge in [-0.05, 0) is 65.4 Å². The van der Waals surface area contributed by atoms with Gasteiger partial charge in [0, 0.05) is 23.1 Å². The monoisotopic (exact) mass is 695 g/mol. The van der Waals surface area contributed by atoms with Crippen molar-refractivity contribution in [2.24, 2.45) is 5.92 Å². The summed E-state index contributed by atoms with van der Waals surface area (Å²) in [7, 11) is 0. The molecule has 12 heteroatoms. The van der Waals surface area contributed by atoms with E-state index >= 15 is 0 Å². The molecular formula is C38H35F6N3O3. The first kappa shape index (κ1) is 35.0. The highest BCUT2D eigenvalue weighted by Crippen LogP contribution is 2.36. The average Bonchev–Trinajstić information content (AvgIpc) is 3.52. The molecule has 0 aliphatic heterocycles. The van der Waals surface area contributed by atoms with Crippen LogP contribution in [0.4, 0.5) is 26.3 Å². The SMILES string of the molecule is O=C(NC1CCCCC1C(=O)NC(COCc1cc(C(F)(F)F)cc(C(F)(F)F)c1)Cc1ccc2ccccc2c1)c1c[nH]c2ccccc12. The van der Waals surface area contributed by atoms with E-state index in [4.69, 9.17) is 4.74 Å². The van der Waals surface area contributed by atoms with E-state index in [1.807, 2.05) is 66.7 Å². The first-order valence-corrected chi connectivity index (χ1v) is 16.4. The lowest BCUT2D eigenvalue weighted by Crippen LogP contribution is -2.51. The van der Waals surface area contributed by atoms with E-state index in [9.17, 15) is 35.9 Å². The molecule has 2 amide bonds. The minimum atomic E-state index is -4.98. The van der Waals surface area contributed by atoms with E-state index in [1.165, 1.54) is 0 Å². The molecule has 1 fully saturated rings. The number of hydrogen-bond acceptors (Lipinski definition) is 3. The maximum atomic E-state index is 13.9. The van der Waals surface area contributed by atoms with Crippen molar-refractivity contribution in [3.8, 4) is 0 Å². The van der Waals surface area contributed by atoms with Gasteiger partial charge in [-0.3, -0.25) is 9.59 Å². The van der Waals surface area contributed by atoms with Crippen LogP contribution in [0.25, 0.3) is 21.7 Å². The van der Waals surface area contributed by atoms with Crippen molar-refractivity contribution < 1.29 is 40.7 Å². The molecule has 262 valence electrons. The number of rotatable bonds is 10. The van der Waals surface area contributed by atoms with Gasteiger partial charge in [0.25, 0.3) is 5.91 Å². The minimum absolute atomic E-state index is 0.0736. The third kappa shape index (κ3) is 8.30. The van der Waals surface area contributed by atoms with Gasteiger partial charge in [0.05, 0.1) is 41.9 Å². The molecule has 0 radical (unpaired) electrons. The summed E-state index contributed by atoms with van der Waals surface area (Å²) in [6, 6.07) is 21.1. The predicted molar refractivity (Wildman–Crippen MR) is 177 cm³/mol. The standard InChI is InChI=1S/C38H35F6N3O3/c39-37(40,41)27-16-24(17-28(19-27)38(42,43)44)21-50-22-29(18-23-13-14-25-7-1-2-8-26(25)15-23)46-35(48)31-10-4-6-12-34(31)47-36(49)32-20-45-33-11-5-3-9-30(32)33/h1-3,5,7-9,11,13-17,19-20,29,31,34,45H,4,6,10,12,18,21-22H2,(H,46,48)(H,47,49). The smallest absolute Gasteiger partial charge is 0.375 e.